The fraction of sp³-hybridized carbons (Fsp3) is 0.417. The van der Waals surface area contributed by atoms with Crippen LogP contribution in [0.25, 0.3) is 0 Å². The topological polar surface area (TPSA) is 67.9 Å². The summed E-state index contributed by atoms with van der Waals surface area (Å²) in [6, 6.07) is 14.0. The number of carbonyl (C=O) groups is 2. The average molecular weight is 447 g/mol. The summed E-state index contributed by atoms with van der Waals surface area (Å²) in [7, 11) is 1.60. The second-order valence-electron chi connectivity index (χ2n) is 7.62. The Labute approximate surface area is 189 Å². The van der Waals surface area contributed by atoms with Crippen LogP contribution in [0, 0.1) is 0 Å². The molecule has 1 atom stereocenters. The molecule has 0 fully saturated rings. The largest absolute Gasteiger partial charge is 0.497 e. The molecule has 0 aliphatic carbocycles. The third-order valence-electron chi connectivity index (χ3n) is 4.70. The Morgan fingerprint density at radius 1 is 1.06 bits per heavy atom. The van der Waals surface area contributed by atoms with Crippen LogP contribution in [0.3, 0.4) is 0 Å². The molecule has 1 N–H and O–H groups in total. The number of nitrogens with one attached hydrogen (secondary N) is 1. The monoisotopic (exact) mass is 446 g/mol. The highest BCUT2D eigenvalue weighted by molar-refractivity contribution is 6.30. The lowest BCUT2D eigenvalue weighted by Crippen LogP contribution is -2.49. The third kappa shape index (κ3) is 8.13. The summed E-state index contributed by atoms with van der Waals surface area (Å²) in [5.74, 6) is 1.13. The van der Waals surface area contributed by atoms with Gasteiger partial charge >= 0.3 is 0 Å². The van der Waals surface area contributed by atoms with E-state index >= 15 is 0 Å². The molecule has 2 aromatic rings. The van der Waals surface area contributed by atoms with Gasteiger partial charge in [-0.1, -0.05) is 23.7 Å². The Hall–Kier alpha value is -2.73. The standard InChI is InChI=1S/C24H31ClN2O4/c1-17(2)26-24(29)18(3)27(16-19-7-5-8-22(15-19)30-4)23(28)9-6-14-31-21-12-10-20(25)11-13-21/h5,7-8,10-13,15,17-18H,6,9,14,16H2,1-4H3,(H,26,29)/t18-/m1/s1. The number of amides is 2. The number of ether oxygens (including phenoxy) is 2. The van der Waals surface area contributed by atoms with Crippen molar-refractivity contribution < 1.29 is 19.1 Å². The summed E-state index contributed by atoms with van der Waals surface area (Å²) in [4.78, 5) is 27.2. The van der Waals surface area contributed by atoms with Crippen molar-refractivity contribution in [3.05, 3.63) is 59.1 Å². The molecule has 0 bridgehead atoms. The normalized spacial score (nSPS) is 11.7. The van der Waals surface area contributed by atoms with E-state index < -0.39 is 6.04 Å². The second kappa shape index (κ2) is 12.2. The van der Waals surface area contributed by atoms with Crippen molar-refractivity contribution in [1.82, 2.24) is 10.2 Å². The first-order valence-electron chi connectivity index (χ1n) is 10.4. The SMILES string of the molecule is COc1cccc(CN(C(=O)CCCOc2ccc(Cl)cc2)[C@H](C)C(=O)NC(C)C)c1. The molecule has 0 aliphatic heterocycles. The van der Waals surface area contributed by atoms with Gasteiger partial charge in [-0.05, 0) is 69.2 Å². The Morgan fingerprint density at radius 3 is 2.42 bits per heavy atom. The number of nitrogens with zero attached hydrogens (tertiary/aromatic N) is 1. The average Bonchev–Trinajstić information content (AvgIpc) is 2.75. The van der Waals surface area contributed by atoms with E-state index in [9.17, 15) is 9.59 Å². The maximum Gasteiger partial charge on any atom is 0.242 e. The first-order valence-corrected chi connectivity index (χ1v) is 10.8. The highest BCUT2D eigenvalue weighted by Gasteiger charge is 2.26. The van der Waals surface area contributed by atoms with Crippen LogP contribution in [-0.2, 0) is 16.1 Å². The van der Waals surface area contributed by atoms with Gasteiger partial charge in [0.15, 0.2) is 0 Å². The Balaban J connectivity index is 2.02. The van der Waals surface area contributed by atoms with Crippen LogP contribution in [0.15, 0.2) is 48.5 Å². The molecular formula is C24H31ClN2O4. The molecule has 0 spiro atoms. The summed E-state index contributed by atoms with van der Waals surface area (Å²) in [6.45, 7) is 6.26. The second-order valence-corrected chi connectivity index (χ2v) is 8.05. The highest BCUT2D eigenvalue weighted by atomic mass is 35.5. The van der Waals surface area contributed by atoms with Gasteiger partial charge in [-0.2, -0.15) is 0 Å². The lowest BCUT2D eigenvalue weighted by atomic mass is 10.1. The van der Waals surface area contributed by atoms with Crippen LogP contribution in [0.1, 0.15) is 39.2 Å². The highest BCUT2D eigenvalue weighted by Crippen LogP contribution is 2.18. The van der Waals surface area contributed by atoms with Crippen LogP contribution in [-0.4, -0.2) is 42.5 Å². The molecule has 0 aliphatic rings. The molecule has 0 saturated heterocycles. The Bertz CT molecular complexity index is 855. The molecular weight excluding hydrogens is 416 g/mol. The fourth-order valence-corrected chi connectivity index (χ4v) is 3.17. The molecule has 0 radical (unpaired) electrons. The van der Waals surface area contributed by atoms with E-state index in [0.717, 1.165) is 5.56 Å². The van der Waals surface area contributed by atoms with E-state index in [1.807, 2.05) is 38.1 Å². The van der Waals surface area contributed by atoms with Crippen LogP contribution < -0.4 is 14.8 Å². The fourth-order valence-electron chi connectivity index (χ4n) is 3.04. The molecule has 0 aromatic heterocycles. The number of benzene rings is 2. The molecule has 0 unspecified atom stereocenters. The van der Waals surface area contributed by atoms with E-state index in [4.69, 9.17) is 21.1 Å². The number of hydrogen-bond acceptors (Lipinski definition) is 4. The molecule has 2 rings (SSSR count). The van der Waals surface area contributed by atoms with E-state index in [0.29, 0.717) is 36.1 Å². The van der Waals surface area contributed by atoms with Crippen molar-refractivity contribution in [3.8, 4) is 11.5 Å². The zero-order valence-corrected chi connectivity index (χ0v) is 19.3. The number of rotatable bonds is 11. The summed E-state index contributed by atoms with van der Waals surface area (Å²) < 4.78 is 11.0. The summed E-state index contributed by atoms with van der Waals surface area (Å²) in [5.41, 5.74) is 0.898. The van der Waals surface area contributed by atoms with Crippen molar-refractivity contribution in [1.29, 1.82) is 0 Å². The summed E-state index contributed by atoms with van der Waals surface area (Å²) in [6.07, 6.45) is 0.811. The van der Waals surface area contributed by atoms with Gasteiger partial charge in [-0.3, -0.25) is 9.59 Å². The molecule has 168 valence electrons. The Kier molecular flexibility index (Phi) is 9.66. The third-order valence-corrected chi connectivity index (χ3v) is 4.95. The molecule has 0 heterocycles. The van der Waals surface area contributed by atoms with Crippen molar-refractivity contribution in [2.24, 2.45) is 0 Å². The minimum atomic E-state index is -0.599. The van der Waals surface area contributed by atoms with E-state index in [1.165, 1.54) is 0 Å². The molecule has 0 saturated carbocycles. The van der Waals surface area contributed by atoms with Gasteiger partial charge in [0.05, 0.1) is 13.7 Å². The van der Waals surface area contributed by atoms with Crippen molar-refractivity contribution in [3.63, 3.8) is 0 Å². The number of methoxy groups -OCH3 is 1. The number of carbonyl (C=O) groups excluding carboxylic acids is 2. The molecule has 2 aromatic carbocycles. The van der Waals surface area contributed by atoms with Gasteiger partial charge in [0.1, 0.15) is 17.5 Å². The van der Waals surface area contributed by atoms with Crippen LogP contribution >= 0.6 is 11.6 Å². The minimum Gasteiger partial charge on any atom is -0.497 e. The van der Waals surface area contributed by atoms with Crippen LogP contribution in [0.4, 0.5) is 0 Å². The lowest BCUT2D eigenvalue weighted by Gasteiger charge is -2.29. The van der Waals surface area contributed by atoms with Crippen LogP contribution in [0.2, 0.25) is 5.02 Å². The quantitative estimate of drug-likeness (QED) is 0.518. The zero-order chi connectivity index (χ0) is 22.8. The van der Waals surface area contributed by atoms with E-state index in [2.05, 4.69) is 5.32 Å². The maximum atomic E-state index is 13.0. The first kappa shape index (κ1) is 24.5. The van der Waals surface area contributed by atoms with Crippen LogP contribution in [0.5, 0.6) is 11.5 Å². The van der Waals surface area contributed by atoms with Gasteiger partial charge in [0, 0.05) is 24.0 Å². The molecule has 2 amide bonds. The molecule has 7 heteroatoms. The summed E-state index contributed by atoms with van der Waals surface area (Å²) >= 11 is 5.88. The minimum absolute atomic E-state index is 0.00324. The predicted molar refractivity (Wildman–Crippen MR) is 122 cm³/mol. The Morgan fingerprint density at radius 2 is 1.77 bits per heavy atom. The van der Waals surface area contributed by atoms with Crippen molar-refractivity contribution in [2.75, 3.05) is 13.7 Å². The molecule has 6 nitrogen and oxygen atoms in total. The summed E-state index contributed by atoms with van der Waals surface area (Å²) in [5, 5.41) is 3.53. The van der Waals surface area contributed by atoms with Gasteiger partial charge in [0.25, 0.3) is 0 Å². The van der Waals surface area contributed by atoms with Gasteiger partial charge in [-0.15, -0.1) is 0 Å². The van der Waals surface area contributed by atoms with E-state index in [-0.39, 0.29) is 24.3 Å². The smallest absolute Gasteiger partial charge is 0.242 e. The van der Waals surface area contributed by atoms with Crippen molar-refractivity contribution in [2.45, 2.75) is 52.2 Å². The van der Waals surface area contributed by atoms with E-state index in [1.54, 1.807) is 43.2 Å². The zero-order valence-electron chi connectivity index (χ0n) is 18.6. The predicted octanol–water partition coefficient (Wildman–Crippen LogP) is 4.45. The molecule has 31 heavy (non-hydrogen) atoms. The number of halogens is 1. The first-order chi connectivity index (χ1) is 14.8. The number of hydrogen-bond donors (Lipinski definition) is 1. The lowest BCUT2D eigenvalue weighted by molar-refractivity contribution is -0.141. The van der Waals surface area contributed by atoms with Crippen molar-refractivity contribution >= 4 is 23.4 Å². The van der Waals surface area contributed by atoms with Gasteiger partial charge in [-0.25, -0.2) is 0 Å². The van der Waals surface area contributed by atoms with Gasteiger partial charge in [0.2, 0.25) is 11.8 Å². The maximum absolute atomic E-state index is 13.0. The van der Waals surface area contributed by atoms with Gasteiger partial charge < -0.3 is 19.7 Å².